The van der Waals surface area contributed by atoms with Crippen LogP contribution in [0.15, 0.2) is 24.3 Å². The minimum atomic E-state index is -0.696. The van der Waals surface area contributed by atoms with Crippen molar-refractivity contribution in [3.63, 3.8) is 0 Å². The topological polar surface area (TPSA) is 38.3 Å². The molecule has 0 aromatic heterocycles. The first-order valence-electron chi connectivity index (χ1n) is 6.79. The number of halogens is 1. The molecule has 104 valence electrons. The summed E-state index contributed by atoms with van der Waals surface area (Å²) in [5, 5.41) is 2.35. The summed E-state index contributed by atoms with van der Waals surface area (Å²) in [4.78, 5) is 12.2. The van der Waals surface area contributed by atoms with E-state index in [4.69, 9.17) is 16.3 Å². The molecule has 19 heavy (non-hydrogen) atoms. The highest BCUT2D eigenvalue weighted by Gasteiger charge is 2.24. The summed E-state index contributed by atoms with van der Waals surface area (Å²) in [6.07, 6.45) is 5.75. The SMILES string of the molecule is COc1ccccc1C(Cl)C(=O)NC1CCCCC1. The van der Waals surface area contributed by atoms with Gasteiger partial charge < -0.3 is 10.1 Å². The molecule has 2 rings (SSSR count). The molecule has 3 nitrogen and oxygen atoms in total. The molecule has 1 aromatic rings. The molecule has 1 unspecified atom stereocenters. The molecule has 1 amide bonds. The number of carbonyl (C=O) groups is 1. The van der Waals surface area contributed by atoms with Crippen molar-refractivity contribution in [1.82, 2.24) is 5.32 Å². The van der Waals surface area contributed by atoms with Crippen molar-refractivity contribution in [2.45, 2.75) is 43.5 Å². The molecule has 1 aliphatic rings. The third-order valence-corrected chi connectivity index (χ3v) is 4.03. The number of hydrogen-bond acceptors (Lipinski definition) is 2. The average molecular weight is 282 g/mol. The van der Waals surface area contributed by atoms with E-state index in [0.717, 1.165) is 18.4 Å². The number of amides is 1. The lowest BCUT2D eigenvalue weighted by Gasteiger charge is -2.24. The van der Waals surface area contributed by atoms with Gasteiger partial charge in [-0.3, -0.25) is 4.79 Å². The van der Waals surface area contributed by atoms with E-state index < -0.39 is 5.38 Å². The average Bonchev–Trinajstić information content (AvgIpc) is 2.47. The van der Waals surface area contributed by atoms with E-state index in [-0.39, 0.29) is 11.9 Å². The third-order valence-electron chi connectivity index (χ3n) is 3.59. The monoisotopic (exact) mass is 281 g/mol. The first-order valence-corrected chi connectivity index (χ1v) is 7.23. The van der Waals surface area contributed by atoms with E-state index in [9.17, 15) is 4.79 Å². The molecule has 1 fully saturated rings. The van der Waals surface area contributed by atoms with Crippen molar-refractivity contribution in [2.24, 2.45) is 0 Å². The zero-order valence-corrected chi connectivity index (χ0v) is 12.0. The Hall–Kier alpha value is -1.22. The number of rotatable bonds is 4. The largest absolute Gasteiger partial charge is 0.496 e. The Morgan fingerprint density at radius 2 is 2.00 bits per heavy atom. The van der Waals surface area contributed by atoms with Crippen LogP contribution >= 0.6 is 11.6 Å². The quantitative estimate of drug-likeness (QED) is 0.859. The number of methoxy groups -OCH3 is 1. The maximum absolute atomic E-state index is 12.2. The lowest BCUT2D eigenvalue weighted by Crippen LogP contribution is -2.38. The van der Waals surface area contributed by atoms with Gasteiger partial charge in [-0.1, -0.05) is 37.5 Å². The van der Waals surface area contributed by atoms with Crippen LogP contribution in [0.5, 0.6) is 5.75 Å². The first kappa shape index (κ1) is 14.2. The van der Waals surface area contributed by atoms with Gasteiger partial charge in [0.05, 0.1) is 7.11 Å². The number of nitrogens with one attached hydrogen (secondary N) is 1. The molecule has 0 radical (unpaired) electrons. The van der Waals surface area contributed by atoms with Crippen molar-refractivity contribution in [3.05, 3.63) is 29.8 Å². The number of carbonyl (C=O) groups excluding carboxylic acids is 1. The van der Waals surface area contributed by atoms with E-state index >= 15 is 0 Å². The van der Waals surface area contributed by atoms with E-state index in [2.05, 4.69) is 5.32 Å². The van der Waals surface area contributed by atoms with Crippen molar-refractivity contribution in [2.75, 3.05) is 7.11 Å². The highest BCUT2D eigenvalue weighted by Crippen LogP contribution is 2.30. The fourth-order valence-electron chi connectivity index (χ4n) is 2.54. The Bertz CT molecular complexity index is 430. The summed E-state index contributed by atoms with van der Waals surface area (Å²) in [5.41, 5.74) is 0.722. The summed E-state index contributed by atoms with van der Waals surface area (Å²) in [6.45, 7) is 0. The van der Waals surface area contributed by atoms with Gasteiger partial charge in [-0.2, -0.15) is 0 Å². The van der Waals surface area contributed by atoms with Crippen LogP contribution in [0.1, 0.15) is 43.0 Å². The summed E-state index contributed by atoms with van der Waals surface area (Å²) in [5.74, 6) is 0.527. The lowest BCUT2D eigenvalue weighted by atomic mass is 9.95. The van der Waals surface area contributed by atoms with E-state index in [0.29, 0.717) is 5.75 Å². The molecular formula is C15H20ClNO2. The van der Waals surface area contributed by atoms with E-state index in [1.165, 1.54) is 19.3 Å². The summed E-state index contributed by atoms with van der Waals surface area (Å²) < 4.78 is 5.24. The Kier molecular flexibility index (Phi) is 5.08. The number of hydrogen-bond donors (Lipinski definition) is 1. The van der Waals surface area contributed by atoms with Crippen LogP contribution in [-0.4, -0.2) is 19.1 Å². The van der Waals surface area contributed by atoms with Gasteiger partial charge in [0.2, 0.25) is 5.91 Å². The van der Waals surface area contributed by atoms with E-state index in [1.807, 2.05) is 24.3 Å². The minimum absolute atomic E-state index is 0.127. The molecular weight excluding hydrogens is 262 g/mol. The molecule has 0 spiro atoms. The fourth-order valence-corrected chi connectivity index (χ4v) is 2.78. The Labute approximate surface area is 119 Å². The van der Waals surface area contributed by atoms with Crippen LogP contribution in [0, 0.1) is 0 Å². The summed E-state index contributed by atoms with van der Waals surface area (Å²) >= 11 is 6.27. The van der Waals surface area contributed by atoms with Crippen molar-refractivity contribution >= 4 is 17.5 Å². The Morgan fingerprint density at radius 3 is 2.68 bits per heavy atom. The van der Waals surface area contributed by atoms with Crippen LogP contribution in [0.4, 0.5) is 0 Å². The van der Waals surface area contributed by atoms with Gasteiger partial charge in [-0.15, -0.1) is 11.6 Å². The minimum Gasteiger partial charge on any atom is -0.496 e. The van der Waals surface area contributed by atoms with Crippen LogP contribution in [0.25, 0.3) is 0 Å². The van der Waals surface area contributed by atoms with Gasteiger partial charge in [-0.25, -0.2) is 0 Å². The second-order valence-corrected chi connectivity index (χ2v) is 5.38. The maximum Gasteiger partial charge on any atom is 0.242 e. The molecule has 4 heteroatoms. The second kappa shape index (κ2) is 6.80. The molecule has 1 aliphatic carbocycles. The second-order valence-electron chi connectivity index (χ2n) is 4.95. The third kappa shape index (κ3) is 3.63. The molecule has 0 bridgehead atoms. The van der Waals surface area contributed by atoms with Gasteiger partial charge in [0.15, 0.2) is 0 Å². The summed E-state index contributed by atoms with van der Waals surface area (Å²) in [6, 6.07) is 7.65. The molecule has 0 aliphatic heterocycles. The van der Waals surface area contributed by atoms with Crippen LogP contribution < -0.4 is 10.1 Å². The zero-order chi connectivity index (χ0) is 13.7. The lowest BCUT2D eigenvalue weighted by molar-refractivity contribution is -0.121. The zero-order valence-electron chi connectivity index (χ0n) is 11.2. The predicted octanol–water partition coefficient (Wildman–Crippen LogP) is 3.42. The van der Waals surface area contributed by atoms with Crippen molar-refractivity contribution in [1.29, 1.82) is 0 Å². The molecule has 0 saturated heterocycles. The number of ether oxygens (including phenoxy) is 1. The van der Waals surface area contributed by atoms with Crippen molar-refractivity contribution < 1.29 is 9.53 Å². The predicted molar refractivity (Wildman–Crippen MR) is 76.6 cm³/mol. The van der Waals surface area contributed by atoms with Gasteiger partial charge in [0, 0.05) is 11.6 Å². The number of alkyl halides is 1. The molecule has 1 saturated carbocycles. The smallest absolute Gasteiger partial charge is 0.242 e. The van der Waals surface area contributed by atoms with Gasteiger partial charge in [-0.05, 0) is 18.9 Å². The molecule has 0 heterocycles. The van der Waals surface area contributed by atoms with Gasteiger partial charge >= 0.3 is 0 Å². The van der Waals surface area contributed by atoms with Crippen LogP contribution in [-0.2, 0) is 4.79 Å². The highest BCUT2D eigenvalue weighted by molar-refractivity contribution is 6.31. The van der Waals surface area contributed by atoms with Crippen molar-refractivity contribution in [3.8, 4) is 5.75 Å². The number of benzene rings is 1. The normalized spacial score (nSPS) is 17.8. The summed E-state index contributed by atoms with van der Waals surface area (Å²) in [7, 11) is 1.58. The van der Waals surface area contributed by atoms with Crippen LogP contribution in [0.3, 0.4) is 0 Å². The van der Waals surface area contributed by atoms with Gasteiger partial charge in [0.25, 0.3) is 0 Å². The fraction of sp³-hybridized carbons (Fsp3) is 0.533. The number of para-hydroxylation sites is 1. The first-order chi connectivity index (χ1) is 9.22. The molecule has 1 atom stereocenters. The highest BCUT2D eigenvalue weighted by atomic mass is 35.5. The Morgan fingerprint density at radius 1 is 1.32 bits per heavy atom. The van der Waals surface area contributed by atoms with E-state index in [1.54, 1.807) is 7.11 Å². The molecule has 1 N–H and O–H groups in total. The van der Waals surface area contributed by atoms with Gasteiger partial charge in [0.1, 0.15) is 11.1 Å². The molecule has 1 aromatic carbocycles. The standard InChI is InChI=1S/C15H20ClNO2/c1-19-13-10-6-5-9-12(13)14(16)15(18)17-11-7-3-2-4-8-11/h5-6,9-11,14H,2-4,7-8H2,1H3,(H,17,18). The van der Waals surface area contributed by atoms with Crippen LogP contribution in [0.2, 0.25) is 0 Å². The Balaban J connectivity index is 2.01. The maximum atomic E-state index is 12.2.